The smallest absolute Gasteiger partial charge is 0.274 e. The summed E-state index contributed by atoms with van der Waals surface area (Å²) in [5.74, 6) is -0.0241. The number of pyridine rings is 1. The molecule has 2 aromatic heterocycles. The molecule has 7 nitrogen and oxygen atoms in total. The first-order chi connectivity index (χ1) is 12.6. The Kier molecular flexibility index (Phi) is 4.93. The molecular weight excluding hydrogens is 332 g/mol. The first kappa shape index (κ1) is 17.5. The Morgan fingerprint density at radius 2 is 2.15 bits per heavy atom. The Labute approximate surface area is 153 Å². The number of rotatable bonds is 3. The number of amides is 1. The van der Waals surface area contributed by atoms with E-state index in [2.05, 4.69) is 4.90 Å². The van der Waals surface area contributed by atoms with Crippen molar-refractivity contribution in [3.63, 3.8) is 0 Å². The summed E-state index contributed by atoms with van der Waals surface area (Å²) in [5.41, 5.74) is 3.32. The number of ether oxygens (including phenoxy) is 1. The van der Waals surface area contributed by atoms with Gasteiger partial charge in [0.05, 0.1) is 25.0 Å². The molecule has 4 heterocycles. The first-order valence-electron chi connectivity index (χ1n) is 9.37. The van der Waals surface area contributed by atoms with Crippen LogP contribution in [-0.2, 0) is 11.3 Å². The fraction of sp³-hybridized carbons (Fsp3) is 0.579. The van der Waals surface area contributed by atoms with Gasteiger partial charge in [0.2, 0.25) is 0 Å². The number of carbonyl (C=O) groups excluding carboxylic acids is 1. The number of hydrogen-bond donors (Lipinski definition) is 1. The van der Waals surface area contributed by atoms with Crippen molar-refractivity contribution >= 4 is 11.6 Å². The summed E-state index contributed by atoms with van der Waals surface area (Å²) >= 11 is 0. The quantitative estimate of drug-likeness (QED) is 0.889. The lowest BCUT2D eigenvalue weighted by molar-refractivity contribution is 0.0296. The van der Waals surface area contributed by atoms with E-state index in [4.69, 9.17) is 9.72 Å². The SMILES string of the molecule is Cc1cccn2c(CN3CCC[C@H](O)C3)c(C(=O)N3CCOCC3)nc12. The monoisotopic (exact) mass is 358 g/mol. The van der Waals surface area contributed by atoms with Gasteiger partial charge in [0.1, 0.15) is 5.65 Å². The van der Waals surface area contributed by atoms with Gasteiger partial charge in [-0.25, -0.2) is 4.98 Å². The van der Waals surface area contributed by atoms with E-state index in [1.54, 1.807) is 0 Å². The van der Waals surface area contributed by atoms with Gasteiger partial charge in [-0.3, -0.25) is 9.69 Å². The van der Waals surface area contributed by atoms with E-state index in [1.165, 1.54) is 0 Å². The van der Waals surface area contributed by atoms with Gasteiger partial charge in [-0.05, 0) is 37.9 Å². The third kappa shape index (κ3) is 3.34. The highest BCUT2D eigenvalue weighted by molar-refractivity contribution is 5.94. The Balaban J connectivity index is 1.70. The van der Waals surface area contributed by atoms with E-state index in [9.17, 15) is 9.90 Å². The largest absolute Gasteiger partial charge is 0.392 e. The van der Waals surface area contributed by atoms with Crippen molar-refractivity contribution in [1.82, 2.24) is 19.2 Å². The zero-order valence-electron chi connectivity index (χ0n) is 15.2. The van der Waals surface area contributed by atoms with Crippen LogP contribution in [0.3, 0.4) is 0 Å². The molecular formula is C19H26N4O3. The minimum atomic E-state index is -0.289. The lowest BCUT2D eigenvalue weighted by atomic mass is 10.1. The van der Waals surface area contributed by atoms with Crippen LogP contribution in [0.2, 0.25) is 0 Å². The molecule has 2 aliphatic rings. The molecule has 1 N–H and O–H groups in total. The van der Waals surface area contributed by atoms with Crippen LogP contribution in [0.5, 0.6) is 0 Å². The van der Waals surface area contributed by atoms with Gasteiger partial charge in [0.25, 0.3) is 5.91 Å². The number of imidazole rings is 1. The molecule has 4 rings (SSSR count). The Bertz CT molecular complexity index is 797. The number of likely N-dealkylation sites (tertiary alicyclic amines) is 1. The molecule has 0 aromatic carbocycles. The zero-order valence-corrected chi connectivity index (χ0v) is 15.2. The van der Waals surface area contributed by atoms with Gasteiger partial charge in [-0.1, -0.05) is 6.07 Å². The van der Waals surface area contributed by atoms with Gasteiger partial charge in [0.15, 0.2) is 5.69 Å². The van der Waals surface area contributed by atoms with Crippen molar-refractivity contribution in [3.8, 4) is 0 Å². The van der Waals surface area contributed by atoms with Crippen LogP contribution in [-0.4, -0.2) is 75.7 Å². The van der Waals surface area contributed by atoms with E-state index in [0.717, 1.165) is 36.3 Å². The van der Waals surface area contributed by atoms with Crippen LogP contribution in [0.15, 0.2) is 18.3 Å². The Morgan fingerprint density at radius 1 is 1.35 bits per heavy atom. The van der Waals surface area contributed by atoms with Crippen LogP contribution in [0.4, 0.5) is 0 Å². The standard InChI is InChI=1S/C19H26N4O3/c1-14-4-2-7-23-16(13-21-6-3-5-15(24)12-21)17(20-18(14)23)19(25)22-8-10-26-11-9-22/h2,4,7,15,24H,3,5-6,8-13H2,1H3/t15-/m0/s1. The number of β-amino-alcohol motifs (C(OH)–C–C–N with tert-alkyl or cyclic N) is 1. The topological polar surface area (TPSA) is 70.3 Å². The molecule has 0 bridgehead atoms. The van der Waals surface area contributed by atoms with Crippen molar-refractivity contribution in [3.05, 3.63) is 35.3 Å². The summed E-state index contributed by atoms with van der Waals surface area (Å²) in [4.78, 5) is 21.9. The average molecular weight is 358 g/mol. The molecule has 0 aliphatic carbocycles. The average Bonchev–Trinajstić information content (AvgIpc) is 3.02. The number of aromatic nitrogens is 2. The number of piperidine rings is 1. The number of aliphatic hydroxyl groups is 1. The second-order valence-electron chi connectivity index (χ2n) is 7.23. The van der Waals surface area contributed by atoms with E-state index in [0.29, 0.717) is 45.1 Å². The molecule has 0 spiro atoms. The van der Waals surface area contributed by atoms with Gasteiger partial charge < -0.3 is 19.1 Å². The van der Waals surface area contributed by atoms with Gasteiger partial charge >= 0.3 is 0 Å². The van der Waals surface area contributed by atoms with Gasteiger partial charge in [0, 0.05) is 32.4 Å². The number of fused-ring (bicyclic) bond motifs is 1. The normalized spacial score (nSPS) is 22.1. The zero-order chi connectivity index (χ0) is 18.1. The number of morpholine rings is 1. The van der Waals surface area contributed by atoms with E-state index >= 15 is 0 Å². The summed E-state index contributed by atoms with van der Waals surface area (Å²) in [7, 11) is 0. The van der Waals surface area contributed by atoms with Gasteiger partial charge in [-0.2, -0.15) is 0 Å². The van der Waals surface area contributed by atoms with Crippen LogP contribution in [0.1, 0.15) is 34.6 Å². The van der Waals surface area contributed by atoms with E-state index < -0.39 is 0 Å². The molecule has 140 valence electrons. The lowest BCUT2D eigenvalue weighted by Gasteiger charge is -2.30. The van der Waals surface area contributed by atoms with Crippen molar-refractivity contribution in [2.24, 2.45) is 0 Å². The first-order valence-corrected chi connectivity index (χ1v) is 9.37. The molecule has 2 aromatic rings. The third-order valence-corrected chi connectivity index (χ3v) is 5.30. The third-order valence-electron chi connectivity index (χ3n) is 5.30. The fourth-order valence-electron chi connectivity index (χ4n) is 3.88. The predicted octanol–water partition coefficient (Wildman–Crippen LogP) is 1.07. The molecule has 0 radical (unpaired) electrons. The number of nitrogens with zero attached hydrogens (tertiary/aromatic N) is 4. The minimum absolute atomic E-state index is 0.0241. The maximum Gasteiger partial charge on any atom is 0.274 e. The van der Waals surface area contributed by atoms with Crippen LogP contribution >= 0.6 is 0 Å². The fourth-order valence-corrected chi connectivity index (χ4v) is 3.88. The summed E-state index contributed by atoms with van der Waals surface area (Å²) in [6.07, 6.45) is 3.51. The highest BCUT2D eigenvalue weighted by Crippen LogP contribution is 2.21. The molecule has 0 saturated carbocycles. The van der Waals surface area contributed by atoms with Gasteiger partial charge in [-0.15, -0.1) is 0 Å². The lowest BCUT2D eigenvalue weighted by Crippen LogP contribution is -2.42. The number of carbonyl (C=O) groups is 1. The molecule has 0 unspecified atom stereocenters. The molecule has 2 saturated heterocycles. The Morgan fingerprint density at radius 3 is 2.92 bits per heavy atom. The van der Waals surface area contributed by atoms with E-state index in [1.807, 2.05) is 34.6 Å². The maximum atomic E-state index is 13.1. The van der Waals surface area contributed by atoms with Crippen LogP contribution in [0, 0.1) is 6.92 Å². The van der Waals surface area contributed by atoms with Crippen molar-refractivity contribution in [2.75, 3.05) is 39.4 Å². The molecule has 2 aliphatic heterocycles. The predicted molar refractivity (Wildman–Crippen MR) is 97.2 cm³/mol. The molecule has 2 fully saturated rings. The molecule has 26 heavy (non-hydrogen) atoms. The number of aliphatic hydroxyl groups excluding tert-OH is 1. The summed E-state index contributed by atoms with van der Waals surface area (Å²) in [6.45, 7) is 6.57. The number of hydrogen-bond acceptors (Lipinski definition) is 5. The summed E-state index contributed by atoms with van der Waals surface area (Å²) < 4.78 is 7.40. The van der Waals surface area contributed by atoms with Crippen molar-refractivity contribution < 1.29 is 14.6 Å². The number of aryl methyl sites for hydroxylation is 1. The molecule has 1 amide bonds. The highest BCUT2D eigenvalue weighted by atomic mass is 16.5. The second kappa shape index (κ2) is 7.34. The minimum Gasteiger partial charge on any atom is -0.392 e. The molecule has 1 atom stereocenters. The van der Waals surface area contributed by atoms with E-state index in [-0.39, 0.29) is 12.0 Å². The van der Waals surface area contributed by atoms with Crippen LogP contribution in [0.25, 0.3) is 5.65 Å². The highest BCUT2D eigenvalue weighted by Gasteiger charge is 2.28. The summed E-state index contributed by atoms with van der Waals surface area (Å²) in [5, 5.41) is 9.99. The second-order valence-corrected chi connectivity index (χ2v) is 7.23. The van der Waals surface area contributed by atoms with Crippen molar-refractivity contribution in [1.29, 1.82) is 0 Å². The molecule has 7 heteroatoms. The Hall–Kier alpha value is -1.96. The van der Waals surface area contributed by atoms with Crippen LogP contribution < -0.4 is 0 Å². The maximum absolute atomic E-state index is 13.1. The van der Waals surface area contributed by atoms with Crippen molar-refractivity contribution in [2.45, 2.75) is 32.4 Å². The summed E-state index contributed by atoms with van der Waals surface area (Å²) in [6, 6.07) is 4.00.